The Kier molecular flexibility index (Phi) is 6.54. The summed E-state index contributed by atoms with van der Waals surface area (Å²) in [6.45, 7) is 4.69. The van der Waals surface area contributed by atoms with Gasteiger partial charge in [-0.2, -0.15) is 0 Å². The maximum Gasteiger partial charge on any atom is 0.251 e. The van der Waals surface area contributed by atoms with Crippen molar-refractivity contribution >= 4 is 34.1 Å². The predicted octanol–water partition coefficient (Wildman–Crippen LogP) is 4.30. The highest BCUT2D eigenvalue weighted by Crippen LogP contribution is 2.22. The number of amides is 2. The Balaban J connectivity index is 1.36. The molecule has 0 aliphatic rings. The first kappa shape index (κ1) is 20.5. The van der Waals surface area contributed by atoms with Crippen LogP contribution in [0.15, 0.2) is 42.5 Å². The second kappa shape index (κ2) is 9.28. The molecule has 1 aromatic heterocycles. The third-order valence-electron chi connectivity index (χ3n) is 5.17. The lowest BCUT2D eigenvalue weighted by Gasteiger charge is -2.08. The zero-order chi connectivity index (χ0) is 20.8. The molecule has 29 heavy (non-hydrogen) atoms. The van der Waals surface area contributed by atoms with Crippen LogP contribution in [0.1, 0.15) is 47.3 Å². The number of anilines is 2. The van der Waals surface area contributed by atoms with Gasteiger partial charge >= 0.3 is 0 Å². The van der Waals surface area contributed by atoms with E-state index in [4.69, 9.17) is 5.73 Å². The predicted molar refractivity (Wildman–Crippen MR) is 118 cm³/mol. The summed E-state index contributed by atoms with van der Waals surface area (Å²) in [5, 5.41) is 6.92. The fraction of sp³-hybridized carbons (Fsp3) is 0.304. The maximum absolute atomic E-state index is 12.4. The average Bonchev–Trinajstić information content (AvgIpc) is 2.99. The van der Waals surface area contributed by atoms with Crippen molar-refractivity contribution in [2.24, 2.45) is 0 Å². The first-order valence-corrected chi connectivity index (χ1v) is 9.97. The number of carbonyl (C=O) groups excluding carboxylic acids is 2. The van der Waals surface area contributed by atoms with Gasteiger partial charge in [-0.05, 0) is 56.5 Å². The first-order chi connectivity index (χ1) is 14.0. The van der Waals surface area contributed by atoms with Crippen LogP contribution in [0.5, 0.6) is 0 Å². The fourth-order valence-corrected chi connectivity index (χ4v) is 3.33. The number of aryl methyl sites for hydroxylation is 2. The van der Waals surface area contributed by atoms with Crippen molar-refractivity contribution in [3.8, 4) is 0 Å². The summed E-state index contributed by atoms with van der Waals surface area (Å²) >= 11 is 0. The number of fused-ring (bicyclic) bond motifs is 1. The number of benzene rings is 2. The second-order valence-corrected chi connectivity index (χ2v) is 7.34. The van der Waals surface area contributed by atoms with E-state index < -0.39 is 0 Å². The van der Waals surface area contributed by atoms with Crippen molar-refractivity contribution < 1.29 is 9.59 Å². The molecule has 0 radical (unpaired) electrons. The Bertz CT molecular complexity index is 1020. The third kappa shape index (κ3) is 5.16. The molecular weight excluding hydrogens is 364 g/mol. The number of H-pyrrole nitrogens is 1. The van der Waals surface area contributed by atoms with Gasteiger partial charge in [-0.15, -0.1) is 0 Å². The summed E-state index contributed by atoms with van der Waals surface area (Å²) in [5.41, 5.74) is 11.0. The molecule has 0 fully saturated rings. The van der Waals surface area contributed by atoms with Crippen molar-refractivity contribution in [2.75, 3.05) is 17.6 Å². The van der Waals surface area contributed by atoms with Crippen molar-refractivity contribution in [3.63, 3.8) is 0 Å². The van der Waals surface area contributed by atoms with Gasteiger partial charge in [0.05, 0.1) is 11.4 Å². The van der Waals surface area contributed by atoms with Gasteiger partial charge < -0.3 is 21.4 Å². The minimum absolute atomic E-state index is 0.0447. The molecule has 152 valence electrons. The standard InChI is InChI=1S/C23H28N4O2/c1-15-16(2)26-21-14-17(11-12-18(15)21)23(29)25-13-7-3-4-10-22(28)27-20-9-6-5-8-19(20)24/h5-6,8-9,11-12,14,26H,3-4,7,10,13,24H2,1-2H3,(H,25,29)(H,27,28). The van der Waals surface area contributed by atoms with E-state index in [-0.39, 0.29) is 11.8 Å². The minimum atomic E-state index is -0.0749. The smallest absolute Gasteiger partial charge is 0.251 e. The van der Waals surface area contributed by atoms with Gasteiger partial charge in [0.2, 0.25) is 5.91 Å². The lowest BCUT2D eigenvalue weighted by Crippen LogP contribution is -2.24. The largest absolute Gasteiger partial charge is 0.397 e. The number of nitrogens with one attached hydrogen (secondary N) is 3. The van der Waals surface area contributed by atoms with Crippen LogP contribution in [-0.4, -0.2) is 23.3 Å². The van der Waals surface area contributed by atoms with E-state index in [9.17, 15) is 9.59 Å². The summed E-state index contributed by atoms with van der Waals surface area (Å²) < 4.78 is 0. The van der Waals surface area contributed by atoms with Crippen LogP contribution in [0.2, 0.25) is 0 Å². The van der Waals surface area contributed by atoms with E-state index in [0.29, 0.717) is 29.9 Å². The van der Waals surface area contributed by atoms with Gasteiger partial charge in [0, 0.05) is 35.1 Å². The molecule has 5 N–H and O–H groups in total. The van der Waals surface area contributed by atoms with Crippen LogP contribution in [0.4, 0.5) is 11.4 Å². The van der Waals surface area contributed by atoms with E-state index in [1.165, 1.54) is 5.56 Å². The lowest BCUT2D eigenvalue weighted by molar-refractivity contribution is -0.116. The second-order valence-electron chi connectivity index (χ2n) is 7.34. The molecule has 0 bridgehead atoms. The zero-order valence-corrected chi connectivity index (χ0v) is 17.0. The van der Waals surface area contributed by atoms with Crippen molar-refractivity contribution in [3.05, 3.63) is 59.3 Å². The van der Waals surface area contributed by atoms with Crippen LogP contribution in [0.25, 0.3) is 10.9 Å². The fourth-order valence-electron chi connectivity index (χ4n) is 3.33. The van der Waals surface area contributed by atoms with E-state index >= 15 is 0 Å². The van der Waals surface area contributed by atoms with Crippen LogP contribution in [-0.2, 0) is 4.79 Å². The van der Waals surface area contributed by atoms with Crippen molar-refractivity contribution in [1.29, 1.82) is 0 Å². The number of para-hydroxylation sites is 2. The number of aromatic nitrogens is 1. The van der Waals surface area contributed by atoms with Crippen LogP contribution >= 0.6 is 0 Å². The number of nitrogens with two attached hydrogens (primary N) is 1. The molecule has 0 aliphatic heterocycles. The normalized spacial score (nSPS) is 10.8. The molecule has 0 saturated heterocycles. The van der Waals surface area contributed by atoms with Crippen LogP contribution < -0.4 is 16.4 Å². The first-order valence-electron chi connectivity index (χ1n) is 9.97. The quantitative estimate of drug-likeness (QED) is 0.340. The molecule has 3 rings (SSSR count). The van der Waals surface area contributed by atoms with E-state index in [0.717, 1.165) is 35.9 Å². The zero-order valence-electron chi connectivity index (χ0n) is 17.0. The van der Waals surface area contributed by atoms with Gasteiger partial charge in [0.15, 0.2) is 0 Å². The summed E-state index contributed by atoms with van der Waals surface area (Å²) in [6.07, 6.45) is 2.90. The number of aromatic amines is 1. The van der Waals surface area contributed by atoms with Crippen molar-refractivity contribution in [2.45, 2.75) is 39.5 Å². The number of carbonyl (C=O) groups is 2. The highest BCUT2D eigenvalue weighted by atomic mass is 16.2. The average molecular weight is 393 g/mol. The Morgan fingerprint density at radius 3 is 2.62 bits per heavy atom. The van der Waals surface area contributed by atoms with E-state index in [2.05, 4.69) is 22.5 Å². The SMILES string of the molecule is Cc1[nH]c2cc(C(=O)NCCCCCC(=O)Nc3ccccc3N)ccc2c1C. The maximum atomic E-state index is 12.4. The van der Waals surface area contributed by atoms with Gasteiger partial charge in [0.1, 0.15) is 0 Å². The molecule has 0 unspecified atom stereocenters. The molecule has 6 heteroatoms. The van der Waals surface area contributed by atoms with Gasteiger partial charge in [-0.3, -0.25) is 9.59 Å². The number of hydrogen-bond donors (Lipinski definition) is 4. The van der Waals surface area contributed by atoms with Gasteiger partial charge in [-0.1, -0.05) is 24.6 Å². The third-order valence-corrected chi connectivity index (χ3v) is 5.17. The van der Waals surface area contributed by atoms with Crippen LogP contribution in [0.3, 0.4) is 0 Å². The Morgan fingerprint density at radius 2 is 1.83 bits per heavy atom. The monoisotopic (exact) mass is 392 g/mol. The highest BCUT2D eigenvalue weighted by Gasteiger charge is 2.09. The Morgan fingerprint density at radius 1 is 1.03 bits per heavy atom. The van der Waals surface area contributed by atoms with Crippen molar-refractivity contribution in [1.82, 2.24) is 10.3 Å². The van der Waals surface area contributed by atoms with Gasteiger partial charge in [-0.25, -0.2) is 0 Å². The Labute approximate surface area is 170 Å². The molecule has 3 aromatic rings. The van der Waals surface area contributed by atoms with E-state index in [1.807, 2.05) is 37.3 Å². The molecule has 2 amide bonds. The minimum Gasteiger partial charge on any atom is -0.397 e. The summed E-state index contributed by atoms with van der Waals surface area (Å²) in [7, 11) is 0. The molecular formula is C23H28N4O2. The number of nitrogen functional groups attached to an aromatic ring is 1. The molecule has 0 aliphatic carbocycles. The lowest BCUT2D eigenvalue weighted by atomic mass is 10.1. The topological polar surface area (TPSA) is 100 Å². The molecule has 1 heterocycles. The molecule has 0 saturated carbocycles. The molecule has 6 nitrogen and oxygen atoms in total. The molecule has 0 spiro atoms. The van der Waals surface area contributed by atoms with E-state index in [1.54, 1.807) is 12.1 Å². The summed E-state index contributed by atoms with van der Waals surface area (Å²) in [4.78, 5) is 27.7. The summed E-state index contributed by atoms with van der Waals surface area (Å²) in [5.74, 6) is -0.120. The number of rotatable bonds is 8. The molecule has 0 atom stereocenters. The number of unbranched alkanes of at least 4 members (excludes halogenated alkanes) is 2. The molecule has 2 aromatic carbocycles. The highest BCUT2D eigenvalue weighted by molar-refractivity contribution is 5.98. The Hall–Kier alpha value is -3.28. The van der Waals surface area contributed by atoms with Gasteiger partial charge in [0.25, 0.3) is 5.91 Å². The number of hydrogen-bond acceptors (Lipinski definition) is 3. The summed E-state index contributed by atoms with van der Waals surface area (Å²) in [6, 6.07) is 13.0. The van der Waals surface area contributed by atoms with Crippen LogP contribution in [0, 0.1) is 13.8 Å².